The van der Waals surface area contributed by atoms with Crippen LogP contribution in [0.5, 0.6) is 17.2 Å². The number of sulfone groups is 1. The van der Waals surface area contributed by atoms with Crippen molar-refractivity contribution in [1.29, 1.82) is 0 Å². The van der Waals surface area contributed by atoms with Gasteiger partial charge in [-0.2, -0.15) is 0 Å². The van der Waals surface area contributed by atoms with Crippen molar-refractivity contribution in [2.75, 3.05) is 0 Å². The molecule has 1 unspecified atom stereocenters. The molecule has 0 aliphatic carbocycles. The van der Waals surface area contributed by atoms with Gasteiger partial charge in [0.2, 0.25) is 15.7 Å². The maximum atomic E-state index is 13.2. The van der Waals surface area contributed by atoms with Crippen LogP contribution in [0, 0.1) is 12.7 Å². The molecule has 1 amide bonds. The van der Waals surface area contributed by atoms with Gasteiger partial charge in [-0.25, -0.2) is 12.8 Å². The Morgan fingerprint density at radius 3 is 2.27 bits per heavy atom. The molecule has 3 aromatic rings. The van der Waals surface area contributed by atoms with Gasteiger partial charge in [-0.3, -0.25) is 9.59 Å². The highest BCUT2D eigenvalue weighted by Crippen LogP contribution is 2.38. The number of phenolic OH excluding ortho intramolecular Hbond substituents is 1. The number of carboxylic acid groups (broad SMARTS) is 1. The monoisotopic (exact) mass is 493 g/mol. The Kier molecular flexibility index (Phi) is 6.61. The second-order valence-corrected chi connectivity index (χ2v) is 9.34. The van der Waals surface area contributed by atoms with E-state index >= 15 is 0 Å². The minimum atomic E-state index is -4.20. The number of amides is 1. The number of ether oxygens (including phenoxy) is 1. The van der Waals surface area contributed by atoms with E-state index in [2.05, 4.69) is 0 Å². The Morgan fingerprint density at radius 2 is 1.73 bits per heavy atom. The van der Waals surface area contributed by atoms with E-state index in [1.165, 1.54) is 18.2 Å². The minimum Gasteiger partial charge on any atom is -0.507 e. The van der Waals surface area contributed by atoms with Crippen molar-refractivity contribution in [3.05, 3.63) is 76.6 Å². The molecule has 1 atom stereocenters. The second kappa shape index (κ2) is 9.08. The normalized spacial score (nSPS) is 12.2. The van der Waals surface area contributed by atoms with Crippen LogP contribution in [0.2, 0.25) is 5.02 Å². The van der Waals surface area contributed by atoms with Crippen molar-refractivity contribution in [1.82, 2.24) is 0 Å². The van der Waals surface area contributed by atoms with Crippen LogP contribution in [0.15, 0.2) is 64.4 Å². The molecule has 8 nitrogen and oxygen atoms in total. The third-order valence-corrected chi connectivity index (χ3v) is 6.76. The number of hydrogen-bond acceptors (Lipinski definition) is 6. The van der Waals surface area contributed by atoms with Crippen molar-refractivity contribution in [3.63, 3.8) is 0 Å². The van der Waals surface area contributed by atoms with Gasteiger partial charge in [0.25, 0.3) is 0 Å². The van der Waals surface area contributed by atoms with Crippen LogP contribution in [0.3, 0.4) is 0 Å². The van der Waals surface area contributed by atoms with Gasteiger partial charge in [0, 0.05) is 6.07 Å². The van der Waals surface area contributed by atoms with E-state index in [0.717, 1.165) is 36.4 Å². The fraction of sp³-hybridized carbons (Fsp3) is 0.0909. The first-order valence-corrected chi connectivity index (χ1v) is 11.1. The van der Waals surface area contributed by atoms with Crippen LogP contribution in [0.1, 0.15) is 17.0 Å². The van der Waals surface area contributed by atoms with Gasteiger partial charge >= 0.3 is 5.97 Å². The molecule has 0 aliphatic rings. The second-order valence-electron chi connectivity index (χ2n) is 7.01. The van der Waals surface area contributed by atoms with Crippen molar-refractivity contribution >= 4 is 33.3 Å². The van der Waals surface area contributed by atoms with Crippen LogP contribution in [0.4, 0.5) is 4.39 Å². The molecule has 0 aromatic heterocycles. The molecule has 0 saturated heterocycles. The number of aromatic hydroxyl groups is 1. The summed E-state index contributed by atoms with van der Waals surface area (Å²) < 4.78 is 44.7. The lowest BCUT2D eigenvalue weighted by Gasteiger charge is -2.16. The summed E-state index contributed by atoms with van der Waals surface area (Å²) in [7, 11) is -4.20. The van der Waals surface area contributed by atoms with E-state index < -0.39 is 44.1 Å². The van der Waals surface area contributed by atoms with E-state index in [0.29, 0.717) is 5.56 Å². The van der Waals surface area contributed by atoms with Gasteiger partial charge in [0.05, 0.1) is 9.92 Å². The molecule has 172 valence electrons. The zero-order valence-electron chi connectivity index (χ0n) is 17.0. The van der Waals surface area contributed by atoms with Crippen molar-refractivity contribution < 1.29 is 37.3 Å². The number of hydrogen-bond donors (Lipinski definition) is 3. The lowest BCUT2D eigenvalue weighted by molar-refractivity contribution is -0.142. The Morgan fingerprint density at radius 1 is 1.09 bits per heavy atom. The summed E-state index contributed by atoms with van der Waals surface area (Å²) in [5.74, 6) is -5.22. The summed E-state index contributed by atoms with van der Waals surface area (Å²) >= 11 is 6.24. The van der Waals surface area contributed by atoms with Gasteiger partial charge in [-0.15, -0.1) is 0 Å². The van der Waals surface area contributed by atoms with Crippen LogP contribution in [-0.2, 0) is 19.4 Å². The Balaban J connectivity index is 2.01. The number of aliphatic carboxylic acids is 1. The molecule has 0 aliphatic heterocycles. The molecule has 33 heavy (non-hydrogen) atoms. The number of phenols is 1. The third kappa shape index (κ3) is 4.91. The lowest BCUT2D eigenvalue weighted by atomic mass is 9.96. The van der Waals surface area contributed by atoms with E-state index in [-0.39, 0.29) is 27.0 Å². The summed E-state index contributed by atoms with van der Waals surface area (Å²) in [5.41, 5.74) is 5.56. The zero-order chi connectivity index (χ0) is 24.5. The van der Waals surface area contributed by atoms with Gasteiger partial charge in [0.15, 0.2) is 5.92 Å². The maximum Gasteiger partial charge on any atom is 0.320 e. The number of rotatable bonds is 7. The quantitative estimate of drug-likeness (QED) is 0.335. The highest BCUT2D eigenvalue weighted by molar-refractivity contribution is 7.91. The predicted molar refractivity (Wildman–Crippen MR) is 116 cm³/mol. The molecular weight excluding hydrogens is 477 g/mol. The van der Waals surface area contributed by atoms with Crippen molar-refractivity contribution in [2.45, 2.75) is 22.6 Å². The largest absolute Gasteiger partial charge is 0.507 e. The fourth-order valence-corrected chi connectivity index (χ4v) is 4.79. The Bertz CT molecular complexity index is 1320. The number of aryl methyl sites for hydroxylation is 1. The summed E-state index contributed by atoms with van der Waals surface area (Å²) in [6.07, 6.45) is 0. The van der Waals surface area contributed by atoms with Crippen LogP contribution in [-0.4, -0.2) is 30.5 Å². The number of benzene rings is 3. The molecular formula is C22H17ClFNO7S. The molecule has 0 radical (unpaired) electrons. The maximum absolute atomic E-state index is 13.2. The molecule has 11 heteroatoms. The summed E-state index contributed by atoms with van der Waals surface area (Å²) in [6.45, 7) is 1.54. The van der Waals surface area contributed by atoms with E-state index in [1.54, 1.807) is 6.92 Å². The third-order valence-electron chi connectivity index (χ3n) is 4.68. The zero-order valence-corrected chi connectivity index (χ0v) is 18.5. The molecule has 0 bridgehead atoms. The average molecular weight is 494 g/mol. The topological polar surface area (TPSA) is 144 Å². The predicted octanol–water partition coefficient (Wildman–Crippen LogP) is 3.77. The summed E-state index contributed by atoms with van der Waals surface area (Å²) in [5, 5.41) is 19.3. The molecule has 0 fully saturated rings. The number of halogens is 2. The first-order chi connectivity index (χ1) is 15.4. The number of nitrogens with two attached hydrogens (primary N) is 1. The first-order valence-electron chi connectivity index (χ1n) is 9.25. The average Bonchev–Trinajstić information content (AvgIpc) is 2.71. The van der Waals surface area contributed by atoms with Gasteiger partial charge in [-0.05, 0) is 60.5 Å². The molecule has 0 spiro atoms. The highest BCUT2D eigenvalue weighted by atomic mass is 35.5. The number of primary amides is 1. The molecule has 3 aromatic carbocycles. The van der Waals surface area contributed by atoms with Crippen LogP contribution in [0.25, 0.3) is 0 Å². The summed E-state index contributed by atoms with van der Waals surface area (Å²) in [4.78, 5) is 22.2. The minimum absolute atomic E-state index is 0.00378. The fourth-order valence-electron chi connectivity index (χ4n) is 3.11. The van der Waals surface area contributed by atoms with Gasteiger partial charge < -0.3 is 20.7 Å². The first kappa shape index (κ1) is 24.0. The van der Waals surface area contributed by atoms with Gasteiger partial charge in [0.1, 0.15) is 28.0 Å². The SMILES string of the molecule is Cc1cc(C(C(N)=O)C(=O)O)cc(Cl)c1Oc1ccc(O)c(S(=O)(=O)c2ccc(F)cc2)c1. The van der Waals surface area contributed by atoms with E-state index in [9.17, 15) is 32.6 Å². The Labute approximate surface area is 192 Å². The molecule has 4 N–H and O–H groups in total. The highest BCUT2D eigenvalue weighted by Gasteiger charge is 2.28. The van der Waals surface area contributed by atoms with E-state index in [4.69, 9.17) is 22.1 Å². The number of carbonyl (C=O) groups excluding carboxylic acids is 1. The van der Waals surface area contributed by atoms with Gasteiger partial charge in [-0.1, -0.05) is 17.7 Å². The smallest absolute Gasteiger partial charge is 0.320 e. The van der Waals surface area contributed by atoms with Crippen molar-refractivity contribution in [2.24, 2.45) is 5.73 Å². The van der Waals surface area contributed by atoms with E-state index in [1.807, 2.05) is 0 Å². The number of carbonyl (C=O) groups is 2. The standard InChI is InChI=1S/C22H17ClFNO7S/c1-11-8-12(19(21(25)27)22(28)29)9-16(23)20(11)32-14-4-7-17(26)18(10-14)33(30,31)15-5-2-13(24)3-6-15/h2-10,19,26H,1H3,(H2,25,27)(H,28,29). The van der Waals surface area contributed by atoms with Crippen LogP contribution < -0.4 is 10.5 Å². The van der Waals surface area contributed by atoms with Crippen LogP contribution >= 0.6 is 11.6 Å². The van der Waals surface area contributed by atoms with Crippen molar-refractivity contribution in [3.8, 4) is 17.2 Å². The summed E-state index contributed by atoms with van der Waals surface area (Å²) in [6, 6.07) is 10.1. The number of carboxylic acids is 1. The molecule has 0 heterocycles. The Hall–Kier alpha value is -3.63. The molecule has 0 saturated carbocycles. The lowest BCUT2D eigenvalue weighted by Crippen LogP contribution is -2.28. The molecule has 3 rings (SSSR count).